The first-order chi connectivity index (χ1) is 8.84. The summed E-state index contributed by atoms with van der Waals surface area (Å²) >= 11 is 0. The molecule has 2 rings (SSSR count). The standard InChI is InChI=1S/C13H13F3NOS/c1-3-17-7-6-9(2)11-8-10(4-5-12(11)17)19(18)13(14,15)16/h4-8H,3H2,1-2H3/q+1/t19-/m0/s1. The van der Waals surface area contributed by atoms with Crippen molar-refractivity contribution >= 4 is 21.7 Å². The van der Waals surface area contributed by atoms with Crippen LogP contribution in [-0.2, 0) is 17.3 Å². The van der Waals surface area contributed by atoms with Crippen LogP contribution in [0.4, 0.5) is 13.2 Å². The molecule has 0 amide bonds. The number of benzene rings is 1. The molecule has 0 aliphatic heterocycles. The van der Waals surface area contributed by atoms with Crippen molar-refractivity contribution < 1.29 is 21.9 Å². The highest BCUT2D eigenvalue weighted by Gasteiger charge is 2.38. The maximum Gasteiger partial charge on any atom is 0.475 e. The lowest BCUT2D eigenvalue weighted by atomic mass is 10.1. The maximum absolute atomic E-state index is 12.5. The van der Waals surface area contributed by atoms with Crippen molar-refractivity contribution in [2.75, 3.05) is 0 Å². The number of hydrogen-bond acceptors (Lipinski definition) is 1. The molecule has 102 valence electrons. The van der Waals surface area contributed by atoms with Gasteiger partial charge in [0.25, 0.3) is 0 Å². The molecule has 1 aromatic heterocycles. The van der Waals surface area contributed by atoms with Gasteiger partial charge in [0, 0.05) is 17.0 Å². The number of halogens is 3. The molecule has 0 radical (unpaired) electrons. The zero-order valence-corrected chi connectivity index (χ0v) is 11.3. The van der Waals surface area contributed by atoms with Gasteiger partial charge in [0.15, 0.2) is 17.0 Å². The molecule has 0 spiro atoms. The fourth-order valence-electron chi connectivity index (χ4n) is 1.98. The first-order valence-electron chi connectivity index (χ1n) is 5.76. The van der Waals surface area contributed by atoms with Gasteiger partial charge in [0.1, 0.15) is 6.54 Å². The van der Waals surface area contributed by atoms with Gasteiger partial charge in [0.05, 0.1) is 5.39 Å². The predicted octanol–water partition coefficient (Wildman–Crippen LogP) is 3.08. The Kier molecular flexibility index (Phi) is 3.62. The molecule has 0 aliphatic carbocycles. The number of fused-ring (bicyclic) bond motifs is 1. The average molecular weight is 288 g/mol. The molecule has 0 saturated carbocycles. The summed E-state index contributed by atoms with van der Waals surface area (Å²) in [5, 5.41) is 0.694. The van der Waals surface area contributed by atoms with E-state index in [4.69, 9.17) is 0 Å². The Bertz CT molecular complexity index is 652. The summed E-state index contributed by atoms with van der Waals surface area (Å²) in [6.07, 6.45) is 1.89. The van der Waals surface area contributed by atoms with Crippen molar-refractivity contribution in [2.24, 2.45) is 0 Å². The van der Waals surface area contributed by atoms with Gasteiger partial charge in [-0.3, -0.25) is 0 Å². The fourth-order valence-corrected chi connectivity index (χ4v) is 2.66. The quantitative estimate of drug-likeness (QED) is 0.778. The third-order valence-corrected chi connectivity index (χ3v) is 4.07. The van der Waals surface area contributed by atoms with E-state index < -0.39 is 16.3 Å². The van der Waals surface area contributed by atoms with E-state index in [9.17, 15) is 17.4 Å². The lowest BCUT2D eigenvalue weighted by Gasteiger charge is -2.08. The largest absolute Gasteiger partial charge is 0.475 e. The highest BCUT2D eigenvalue weighted by molar-refractivity contribution is 7.86. The minimum absolute atomic E-state index is 0.211. The SMILES string of the molecule is CC[n+]1ccc(C)c2cc([S@](=O)C(F)(F)F)ccc21. The summed E-state index contributed by atoms with van der Waals surface area (Å²) in [5.74, 6) is 0. The molecule has 0 saturated heterocycles. The Morgan fingerprint density at radius 3 is 2.53 bits per heavy atom. The van der Waals surface area contributed by atoms with E-state index in [1.165, 1.54) is 12.1 Å². The molecular weight excluding hydrogens is 275 g/mol. The van der Waals surface area contributed by atoms with Crippen molar-refractivity contribution in [3.05, 3.63) is 36.0 Å². The van der Waals surface area contributed by atoms with E-state index >= 15 is 0 Å². The van der Waals surface area contributed by atoms with Gasteiger partial charge in [-0.2, -0.15) is 17.7 Å². The minimum Gasteiger partial charge on any atom is -0.245 e. The van der Waals surface area contributed by atoms with Crippen LogP contribution < -0.4 is 4.57 Å². The van der Waals surface area contributed by atoms with E-state index in [1.807, 2.05) is 30.7 Å². The summed E-state index contributed by atoms with van der Waals surface area (Å²) in [4.78, 5) is -0.211. The van der Waals surface area contributed by atoms with Gasteiger partial charge in [-0.1, -0.05) is 0 Å². The molecule has 0 N–H and O–H groups in total. The molecule has 0 bridgehead atoms. The lowest BCUT2D eigenvalue weighted by Crippen LogP contribution is -2.32. The number of aryl methyl sites for hydroxylation is 2. The van der Waals surface area contributed by atoms with E-state index in [2.05, 4.69) is 0 Å². The van der Waals surface area contributed by atoms with E-state index in [0.29, 0.717) is 5.39 Å². The molecule has 0 unspecified atom stereocenters. The summed E-state index contributed by atoms with van der Waals surface area (Å²) in [6, 6.07) is 6.06. The van der Waals surface area contributed by atoms with Crippen molar-refractivity contribution in [3.8, 4) is 0 Å². The summed E-state index contributed by atoms with van der Waals surface area (Å²) in [6.45, 7) is 4.50. The lowest BCUT2D eigenvalue weighted by molar-refractivity contribution is -0.667. The number of hydrogen-bond donors (Lipinski definition) is 0. The number of pyridine rings is 1. The van der Waals surface area contributed by atoms with Crippen LogP contribution in [-0.4, -0.2) is 9.72 Å². The number of alkyl halides is 3. The molecular formula is C13H13F3NOS+. The monoisotopic (exact) mass is 288 g/mol. The van der Waals surface area contributed by atoms with Gasteiger partial charge in [-0.05, 0) is 31.5 Å². The van der Waals surface area contributed by atoms with Crippen LogP contribution in [0.25, 0.3) is 10.9 Å². The first kappa shape index (κ1) is 14.0. The molecule has 2 aromatic rings. The molecule has 2 nitrogen and oxygen atoms in total. The van der Waals surface area contributed by atoms with E-state index in [0.717, 1.165) is 17.6 Å². The van der Waals surface area contributed by atoms with Crippen LogP contribution in [0.1, 0.15) is 12.5 Å². The smallest absolute Gasteiger partial charge is 0.245 e. The second kappa shape index (κ2) is 4.92. The molecule has 1 atom stereocenters. The number of nitrogens with zero attached hydrogens (tertiary/aromatic N) is 1. The molecule has 19 heavy (non-hydrogen) atoms. The van der Waals surface area contributed by atoms with Crippen molar-refractivity contribution in [1.82, 2.24) is 0 Å². The minimum atomic E-state index is -4.73. The Balaban J connectivity index is 2.64. The topological polar surface area (TPSA) is 20.9 Å². The van der Waals surface area contributed by atoms with Gasteiger partial charge in [0.2, 0.25) is 5.52 Å². The van der Waals surface area contributed by atoms with Gasteiger partial charge >= 0.3 is 5.51 Å². The van der Waals surface area contributed by atoms with Crippen molar-refractivity contribution in [1.29, 1.82) is 0 Å². The van der Waals surface area contributed by atoms with Crippen molar-refractivity contribution in [2.45, 2.75) is 30.8 Å². The average Bonchev–Trinajstić information content (AvgIpc) is 2.37. The van der Waals surface area contributed by atoms with Gasteiger partial charge in [-0.25, -0.2) is 4.21 Å². The molecule has 1 aromatic carbocycles. The Hall–Kier alpha value is -1.43. The molecule has 0 aliphatic rings. The fraction of sp³-hybridized carbons (Fsp3) is 0.308. The van der Waals surface area contributed by atoms with Crippen LogP contribution in [0.2, 0.25) is 0 Å². The maximum atomic E-state index is 12.5. The molecule has 6 heteroatoms. The van der Waals surface area contributed by atoms with Crippen LogP contribution in [0.15, 0.2) is 35.4 Å². The summed E-state index contributed by atoms with van der Waals surface area (Å²) < 4.78 is 50.7. The van der Waals surface area contributed by atoms with Crippen LogP contribution in [0, 0.1) is 6.92 Å². The third-order valence-electron chi connectivity index (χ3n) is 2.97. The summed E-state index contributed by atoms with van der Waals surface area (Å²) in [7, 11) is -2.98. The Morgan fingerprint density at radius 2 is 1.95 bits per heavy atom. The predicted molar refractivity (Wildman–Crippen MR) is 67.0 cm³/mol. The Morgan fingerprint density at radius 1 is 1.26 bits per heavy atom. The van der Waals surface area contributed by atoms with Gasteiger partial charge in [-0.15, -0.1) is 0 Å². The Labute approximate surface area is 111 Å². The number of aromatic nitrogens is 1. The first-order valence-corrected chi connectivity index (χ1v) is 6.91. The summed E-state index contributed by atoms with van der Waals surface area (Å²) in [5.41, 5.74) is -3.02. The normalized spacial score (nSPS) is 13.7. The second-order valence-corrected chi connectivity index (χ2v) is 5.65. The van der Waals surface area contributed by atoms with Crippen LogP contribution >= 0.6 is 0 Å². The van der Waals surface area contributed by atoms with E-state index in [1.54, 1.807) is 6.07 Å². The molecule has 1 heterocycles. The highest BCUT2D eigenvalue weighted by Crippen LogP contribution is 2.28. The number of rotatable bonds is 2. The van der Waals surface area contributed by atoms with Crippen molar-refractivity contribution in [3.63, 3.8) is 0 Å². The van der Waals surface area contributed by atoms with Crippen LogP contribution in [0.5, 0.6) is 0 Å². The highest BCUT2D eigenvalue weighted by atomic mass is 32.2. The van der Waals surface area contributed by atoms with E-state index in [-0.39, 0.29) is 4.90 Å². The second-order valence-electron chi connectivity index (χ2n) is 4.18. The third kappa shape index (κ3) is 2.63. The van der Waals surface area contributed by atoms with Gasteiger partial charge < -0.3 is 0 Å². The molecule has 0 fully saturated rings. The zero-order chi connectivity index (χ0) is 14.2. The van der Waals surface area contributed by atoms with Crippen LogP contribution in [0.3, 0.4) is 0 Å². The zero-order valence-electron chi connectivity index (χ0n) is 10.5.